The Kier molecular flexibility index (Phi) is 8.24. The van der Waals surface area contributed by atoms with Crippen LogP contribution in [0.15, 0.2) is 226 Å². The van der Waals surface area contributed by atoms with Gasteiger partial charge in [-0.1, -0.05) is 196 Å². The molecule has 4 aliphatic heterocycles. The molecule has 0 bridgehead atoms. The molecule has 334 valence electrons. The molecule has 5 heterocycles. The van der Waals surface area contributed by atoms with Gasteiger partial charge in [-0.05, 0) is 115 Å². The molecule has 6 heteroatoms. The summed E-state index contributed by atoms with van der Waals surface area (Å²) < 4.78 is 2.67. The Morgan fingerprint density at radius 3 is 1.85 bits per heavy atom. The zero-order valence-corrected chi connectivity index (χ0v) is 41.8. The SMILES string of the molecule is CC(C)(C)c1ccc(N2c3cc4c(cc3B3c5c2cc2c(sc6ccccc62)c5-c2cccc5c2N3c2ccccc2C52c3ccccc3-c3ccccc32)Sc2ccccc2S4)c(-c2ccccc2)c1. The van der Waals surface area contributed by atoms with Gasteiger partial charge in [-0.15, -0.1) is 11.3 Å². The molecule has 0 amide bonds. The van der Waals surface area contributed by atoms with Gasteiger partial charge in [0, 0.05) is 79.2 Å². The maximum absolute atomic E-state index is 2.79. The monoisotopic (exact) mass is 958 g/mol. The zero-order valence-electron chi connectivity index (χ0n) is 39.3. The molecule has 2 nitrogen and oxygen atoms in total. The Morgan fingerprint density at radius 1 is 0.451 bits per heavy atom. The summed E-state index contributed by atoms with van der Waals surface area (Å²) in [4.78, 5) is 10.7. The van der Waals surface area contributed by atoms with Crippen molar-refractivity contribution >= 4 is 101 Å². The van der Waals surface area contributed by atoms with Gasteiger partial charge in [-0.25, -0.2) is 0 Å². The molecule has 0 saturated heterocycles. The number of thiophene rings is 1. The Morgan fingerprint density at radius 2 is 1.08 bits per heavy atom. The van der Waals surface area contributed by atoms with E-state index in [-0.39, 0.29) is 12.3 Å². The van der Waals surface area contributed by atoms with E-state index in [1.807, 2.05) is 34.9 Å². The highest BCUT2D eigenvalue weighted by molar-refractivity contribution is 8.05. The van der Waals surface area contributed by atoms with Crippen molar-refractivity contribution in [2.45, 2.75) is 51.2 Å². The topological polar surface area (TPSA) is 6.48 Å². The normalized spacial score (nSPS) is 14.9. The van der Waals surface area contributed by atoms with E-state index in [0.717, 1.165) is 0 Å². The molecule has 10 aromatic carbocycles. The first-order valence-electron chi connectivity index (χ1n) is 24.7. The molecule has 0 atom stereocenters. The highest BCUT2D eigenvalue weighted by Gasteiger charge is 2.56. The molecule has 5 aliphatic rings. The molecule has 71 heavy (non-hydrogen) atoms. The van der Waals surface area contributed by atoms with E-state index in [9.17, 15) is 0 Å². The average Bonchev–Trinajstić information content (AvgIpc) is 3.93. The van der Waals surface area contributed by atoms with E-state index >= 15 is 0 Å². The highest BCUT2D eigenvalue weighted by Crippen LogP contribution is 2.66. The molecule has 0 unspecified atom stereocenters. The van der Waals surface area contributed by atoms with Crippen molar-refractivity contribution in [3.05, 3.63) is 234 Å². The third-order valence-electron chi connectivity index (χ3n) is 16.0. The van der Waals surface area contributed by atoms with Crippen molar-refractivity contribution in [1.82, 2.24) is 0 Å². The number of hydrogen-bond acceptors (Lipinski definition) is 5. The average molecular weight is 959 g/mol. The van der Waals surface area contributed by atoms with Gasteiger partial charge in [0.1, 0.15) is 0 Å². The predicted octanol–water partition coefficient (Wildman–Crippen LogP) is 17.0. The van der Waals surface area contributed by atoms with Crippen LogP contribution in [-0.4, -0.2) is 6.85 Å². The summed E-state index contributed by atoms with van der Waals surface area (Å²) in [7, 11) is 0. The third kappa shape index (κ3) is 5.32. The summed E-state index contributed by atoms with van der Waals surface area (Å²) in [6.07, 6.45) is 0. The molecule has 0 saturated carbocycles. The van der Waals surface area contributed by atoms with Crippen LogP contribution in [0.5, 0.6) is 0 Å². The van der Waals surface area contributed by atoms with E-state index in [2.05, 4.69) is 237 Å². The minimum Gasteiger partial charge on any atom is -0.376 e. The highest BCUT2D eigenvalue weighted by atomic mass is 32.2. The number of hydrogen-bond donors (Lipinski definition) is 0. The first-order chi connectivity index (χ1) is 34.9. The predicted molar refractivity (Wildman–Crippen MR) is 303 cm³/mol. The third-order valence-corrected chi connectivity index (χ3v) is 19.8. The van der Waals surface area contributed by atoms with E-state index in [0.29, 0.717) is 0 Å². The summed E-state index contributed by atoms with van der Waals surface area (Å²) in [5, 5.41) is 2.62. The van der Waals surface area contributed by atoms with Crippen LogP contribution in [-0.2, 0) is 10.8 Å². The van der Waals surface area contributed by atoms with Gasteiger partial charge in [0.2, 0.25) is 0 Å². The van der Waals surface area contributed by atoms with E-state index in [1.54, 1.807) is 0 Å². The van der Waals surface area contributed by atoms with Crippen LogP contribution < -0.4 is 20.6 Å². The summed E-state index contributed by atoms with van der Waals surface area (Å²) in [5.74, 6) is 0. The molecule has 11 aromatic rings. The number of para-hydroxylation sites is 2. The second kappa shape index (κ2) is 14.5. The van der Waals surface area contributed by atoms with Crippen molar-refractivity contribution < 1.29 is 0 Å². The van der Waals surface area contributed by atoms with Gasteiger partial charge in [-0.3, -0.25) is 0 Å². The Labute approximate surface area is 426 Å². The molecule has 16 rings (SSSR count). The Hall–Kier alpha value is -7.22. The Bertz CT molecular complexity index is 4100. The summed E-state index contributed by atoms with van der Waals surface area (Å²) in [6.45, 7) is 6.86. The molecule has 1 aromatic heterocycles. The van der Waals surface area contributed by atoms with E-state index < -0.39 is 5.41 Å². The molecule has 1 aliphatic carbocycles. The Balaban J connectivity index is 1.08. The van der Waals surface area contributed by atoms with Gasteiger partial charge in [0.05, 0.1) is 11.1 Å². The van der Waals surface area contributed by atoms with E-state index in [4.69, 9.17) is 0 Å². The van der Waals surface area contributed by atoms with Crippen molar-refractivity contribution in [2.24, 2.45) is 0 Å². The minimum absolute atomic E-state index is 0.0399. The lowest BCUT2D eigenvalue weighted by Gasteiger charge is -2.52. The van der Waals surface area contributed by atoms with Crippen LogP contribution in [0.25, 0.3) is 53.6 Å². The fourth-order valence-electron chi connectivity index (χ4n) is 13.1. The van der Waals surface area contributed by atoms with Crippen molar-refractivity contribution in [2.75, 3.05) is 9.71 Å². The molecular weight excluding hydrogens is 916 g/mol. The van der Waals surface area contributed by atoms with E-state index in [1.165, 1.54) is 140 Å². The maximum atomic E-state index is 2.79. The van der Waals surface area contributed by atoms with Crippen molar-refractivity contribution in [1.29, 1.82) is 0 Å². The number of anilines is 5. The van der Waals surface area contributed by atoms with Crippen molar-refractivity contribution in [3.63, 3.8) is 0 Å². The molecular formula is C65H43BN2S3. The fraction of sp³-hybridized carbons (Fsp3) is 0.0769. The number of nitrogens with zero attached hydrogens (tertiary/aromatic N) is 2. The smallest absolute Gasteiger partial charge is 0.333 e. The van der Waals surface area contributed by atoms with Crippen molar-refractivity contribution in [3.8, 4) is 33.4 Å². The van der Waals surface area contributed by atoms with Crippen LogP contribution in [0.3, 0.4) is 0 Å². The van der Waals surface area contributed by atoms with Crippen LogP contribution >= 0.6 is 34.9 Å². The number of fused-ring (bicyclic) bond motifs is 19. The fourth-order valence-corrected chi connectivity index (χ4v) is 16.6. The summed E-state index contributed by atoms with van der Waals surface area (Å²) >= 11 is 5.79. The standard InChI is InChI=1S/C65H43BN2S3/c1-64(2,3)39-32-33-51(44(34-39)38-18-5-4-6-19-38)67-53-37-59-58(69-56-30-15-16-31-57(56)70-59)36-50(53)66-61-54(67)35-45-42-22-9-14-29-55(42)71-63(45)60(61)43-23-17-27-49-62(43)68(66)52-28-13-12-26-48(52)65(49)46-24-10-7-20-40(46)41-21-8-11-25-47(41)65/h4-37H,1-3H3. The van der Waals surface area contributed by atoms with Crippen LogP contribution in [0.4, 0.5) is 28.4 Å². The quantitative estimate of drug-likeness (QED) is 0.159. The van der Waals surface area contributed by atoms with Crippen LogP contribution in [0.2, 0.25) is 0 Å². The van der Waals surface area contributed by atoms with Gasteiger partial charge in [0.15, 0.2) is 0 Å². The minimum atomic E-state index is -0.519. The summed E-state index contributed by atoms with van der Waals surface area (Å²) in [6, 6.07) is 79.2. The second-order valence-corrected chi connectivity index (χ2v) is 23.9. The van der Waals surface area contributed by atoms with Gasteiger partial charge < -0.3 is 9.71 Å². The van der Waals surface area contributed by atoms with Gasteiger partial charge >= 0.3 is 6.85 Å². The van der Waals surface area contributed by atoms with Gasteiger partial charge in [0.25, 0.3) is 0 Å². The lowest BCUT2D eigenvalue weighted by atomic mass is 9.42. The number of benzene rings is 10. The molecule has 0 N–H and O–H groups in total. The number of rotatable bonds is 2. The molecule has 1 spiro atoms. The molecule has 0 radical (unpaired) electrons. The van der Waals surface area contributed by atoms with Gasteiger partial charge in [-0.2, -0.15) is 0 Å². The summed E-state index contributed by atoms with van der Waals surface area (Å²) in [5.41, 5.74) is 22.8. The zero-order chi connectivity index (χ0) is 46.9. The first kappa shape index (κ1) is 40.5. The van der Waals surface area contributed by atoms with Crippen LogP contribution in [0, 0.1) is 0 Å². The first-order valence-corrected chi connectivity index (χ1v) is 27.1. The maximum Gasteiger partial charge on any atom is 0.333 e. The lowest BCUT2D eigenvalue weighted by Crippen LogP contribution is -2.63. The largest absolute Gasteiger partial charge is 0.376 e. The lowest BCUT2D eigenvalue weighted by molar-refractivity contribution is 0.590. The molecule has 0 fully saturated rings. The second-order valence-electron chi connectivity index (χ2n) is 20.7. The van der Waals surface area contributed by atoms with Crippen LogP contribution in [0.1, 0.15) is 48.6 Å².